The van der Waals surface area contributed by atoms with E-state index in [-0.39, 0.29) is 30.9 Å². The molecule has 0 heterocycles. The van der Waals surface area contributed by atoms with Crippen LogP contribution in [0.3, 0.4) is 0 Å². The van der Waals surface area contributed by atoms with Gasteiger partial charge in [0, 0.05) is 5.69 Å². The van der Waals surface area contributed by atoms with Crippen molar-refractivity contribution >= 4 is 17.5 Å². The predicted molar refractivity (Wildman–Crippen MR) is 138 cm³/mol. The van der Waals surface area contributed by atoms with E-state index < -0.39 is 0 Å². The standard InChI is InChI=1S/C28H33N3O4/c1-5-20-8-6-7-9-25(20)29-26(32)18-31(2)19-27(33)30-28(21-10-14-23(34-3)15-11-21)22-12-16-24(35-4)17-13-22/h6-17,28H,5,18-19H2,1-4H3,(H,29,32)(H,30,33). The lowest BCUT2D eigenvalue weighted by molar-refractivity contribution is -0.123. The molecular formula is C28H33N3O4. The molecule has 0 aromatic heterocycles. The lowest BCUT2D eigenvalue weighted by atomic mass is 9.98. The van der Waals surface area contributed by atoms with Gasteiger partial charge in [-0.05, 0) is 60.5 Å². The van der Waals surface area contributed by atoms with E-state index in [4.69, 9.17) is 9.47 Å². The van der Waals surface area contributed by atoms with Crippen molar-refractivity contribution in [2.24, 2.45) is 0 Å². The van der Waals surface area contributed by atoms with Crippen LogP contribution in [0.4, 0.5) is 5.69 Å². The smallest absolute Gasteiger partial charge is 0.238 e. The maximum absolute atomic E-state index is 13.0. The van der Waals surface area contributed by atoms with Crippen LogP contribution in [-0.4, -0.2) is 51.1 Å². The summed E-state index contributed by atoms with van der Waals surface area (Å²) < 4.78 is 10.5. The number of nitrogens with one attached hydrogen (secondary N) is 2. The van der Waals surface area contributed by atoms with Gasteiger partial charge in [0.25, 0.3) is 0 Å². The summed E-state index contributed by atoms with van der Waals surface area (Å²) in [5.74, 6) is 1.13. The molecule has 3 rings (SSSR count). The Balaban J connectivity index is 1.66. The number of likely N-dealkylation sites (N-methyl/N-ethyl adjacent to an activating group) is 1. The monoisotopic (exact) mass is 475 g/mol. The fourth-order valence-corrected chi connectivity index (χ4v) is 3.84. The van der Waals surface area contributed by atoms with E-state index in [1.54, 1.807) is 26.2 Å². The molecule has 0 aliphatic carbocycles. The molecule has 0 unspecified atom stereocenters. The summed E-state index contributed by atoms with van der Waals surface area (Å²) in [7, 11) is 4.98. The largest absolute Gasteiger partial charge is 0.497 e. The molecule has 2 N–H and O–H groups in total. The second-order valence-corrected chi connectivity index (χ2v) is 8.28. The first kappa shape index (κ1) is 25.8. The minimum absolute atomic E-state index is 0.0751. The maximum atomic E-state index is 13.0. The number of anilines is 1. The number of carbonyl (C=O) groups excluding carboxylic acids is 2. The molecule has 0 aliphatic heterocycles. The van der Waals surface area contributed by atoms with Crippen LogP contribution >= 0.6 is 0 Å². The van der Waals surface area contributed by atoms with Crippen LogP contribution in [-0.2, 0) is 16.0 Å². The second-order valence-electron chi connectivity index (χ2n) is 8.28. The van der Waals surface area contributed by atoms with Gasteiger partial charge >= 0.3 is 0 Å². The molecule has 0 saturated carbocycles. The molecule has 7 nitrogen and oxygen atoms in total. The van der Waals surface area contributed by atoms with Gasteiger partial charge in [0.05, 0.1) is 33.4 Å². The molecule has 0 atom stereocenters. The molecule has 7 heteroatoms. The highest BCUT2D eigenvalue weighted by molar-refractivity contribution is 5.93. The van der Waals surface area contributed by atoms with Gasteiger partial charge in [-0.25, -0.2) is 0 Å². The quantitative estimate of drug-likeness (QED) is 0.438. The van der Waals surface area contributed by atoms with E-state index in [0.717, 1.165) is 40.3 Å². The number of amides is 2. The number of ether oxygens (including phenoxy) is 2. The van der Waals surface area contributed by atoms with Crippen LogP contribution in [0, 0.1) is 0 Å². The molecule has 2 amide bonds. The minimum Gasteiger partial charge on any atom is -0.497 e. The van der Waals surface area contributed by atoms with Gasteiger partial charge in [0.1, 0.15) is 11.5 Å². The van der Waals surface area contributed by atoms with Crippen molar-refractivity contribution in [1.29, 1.82) is 0 Å². The van der Waals surface area contributed by atoms with Crippen LogP contribution in [0.5, 0.6) is 11.5 Å². The van der Waals surface area contributed by atoms with E-state index >= 15 is 0 Å². The zero-order chi connectivity index (χ0) is 25.2. The van der Waals surface area contributed by atoms with Crippen LogP contribution < -0.4 is 20.1 Å². The highest BCUT2D eigenvalue weighted by atomic mass is 16.5. The summed E-state index contributed by atoms with van der Waals surface area (Å²) in [4.78, 5) is 27.2. The minimum atomic E-state index is -0.363. The highest BCUT2D eigenvalue weighted by Gasteiger charge is 2.19. The normalized spacial score (nSPS) is 10.8. The Morgan fingerprint density at radius 1 is 0.800 bits per heavy atom. The zero-order valence-corrected chi connectivity index (χ0v) is 20.7. The molecule has 3 aromatic rings. The molecule has 0 spiro atoms. The Hall–Kier alpha value is -3.84. The highest BCUT2D eigenvalue weighted by Crippen LogP contribution is 2.26. The lowest BCUT2D eigenvalue weighted by Crippen LogP contribution is -2.40. The molecule has 0 fully saturated rings. The SMILES string of the molecule is CCc1ccccc1NC(=O)CN(C)CC(=O)NC(c1ccc(OC)cc1)c1ccc(OC)cc1. The van der Waals surface area contributed by atoms with Crippen molar-refractivity contribution in [3.63, 3.8) is 0 Å². The van der Waals surface area contributed by atoms with Gasteiger partial charge < -0.3 is 20.1 Å². The van der Waals surface area contributed by atoms with Gasteiger partial charge in [0.15, 0.2) is 0 Å². The third-order valence-corrected chi connectivity index (χ3v) is 5.70. The Morgan fingerprint density at radius 3 is 1.83 bits per heavy atom. The van der Waals surface area contributed by atoms with Gasteiger partial charge in [0.2, 0.25) is 11.8 Å². The number of carbonyl (C=O) groups is 2. The van der Waals surface area contributed by atoms with Gasteiger partial charge in [-0.15, -0.1) is 0 Å². The molecular weight excluding hydrogens is 442 g/mol. The zero-order valence-electron chi connectivity index (χ0n) is 20.7. The van der Waals surface area contributed by atoms with Crippen LogP contribution in [0.15, 0.2) is 72.8 Å². The van der Waals surface area contributed by atoms with Crippen LogP contribution in [0.2, 0.25) is 0 Å². The topological polar surface area (TPSA) is 79.9 Å². The summed E-state index contributed by atoms with van der Waals surface area (Å²) in [5.41, 5.74) is 3.71. The molecule has 0 bridgehead atoms. The predicted octanol–water partition coefficient (Wildman–Crippen LogP) is 4.04. The van der Waals surface area contributed by atoms with Crippen molar-refractivity contribution in [2.75, 3.05) is 39.7 Å². The van der Waals surface area contributed by atoms with Crippen molar-refractivity contribution < 1.29 is 19.1 Å². The second kappa shape index (κ2) is 12.6. The number of hydrogen-bond acceptors (Lipinski definition) is 5. The first-order valence-corrected chi connectivity index (χ1v) is 11.6. The third kappa shape index (κ3) is 7.32. The van der Waals surface area contributed by atoms with Gasteiger partial charge in [-0.2, -0.15) is 0 Å². The lowest BCUT2D eigenvalue weighted by Gasteiger charge is -2.23. The van der Waals surface area contributed by atoms with Crippen LogP contribution in [0.25, 0.3) is 0 Å². The fourth-order valence-electron chi connectivity index (χ4n) is 3.84. The third-order valence-electron chi connectivity index (χ3n) is 5.70. The Morgan fingerprint density at radius 2 is 1.31 bits per heavy atom. The Bertz CT molecular complexity index is 1070. The summed E-state index contributed by atoms with van der Waals surface area (Å²) in [5, 5.41) is 6.05. The summed E-state index contributed by atoms with van der Waals surface area (Å²) in [6, 6.07) is 22.5. The molecule has 3 aromatic carbocycles. The molecule has 0 saturated heterocycles. The maximum Gasteiger partial charge on any atom is 0.238 e. The average molecular weight is 476 g/mol. The van der Waals surface area contributed by atoms with Crippen molar-refractivity contribution in [3.05, 3.63) is 89.5 Å². The average Bonchev–Trinajstić information content (AvgIpc) is 2.87. The fraction of sp³-hybridized carbons (Fsp3) is 0.286. The number of nitrogens with zero attached hydrogens (tertiary/aromatic N) is 1. The number of para-hydroxylation sites is 1. The van der Waals surface area contributed by atoms with Crippen molar-refractivity contribution in [2.45, 2.75) is 19.4 Å². The summed E-state index contributed by atoms with van der Waals surface area (Å²) >= 11 is 0. The first-order valence-electron chi connectivity index (χ1n) is 11.6. The van der Waals surface area contributed by atoms with E-state index in [1.165, 1.54) is 0 Å². The van der Waals surface area contributed by atoms with Gasteiger partial charge in [-0.1, -0.05) is 49.4 Å². The van der Waals surface area contributed by atoms with E-state index in [9.17, 15) is 9.59 Å². The summed E-state index contributed by atoms with van der Waals surface area (Å²) in [6.45, 7) is 2.22. The van der Waals surface area contributed by atoms with E-state index in [2.05, 4.69) is 10.6 Å². The van der Waals surface area contributed by atoms with Gasteiger partial charge in [-0.3, -0.25) is 14.5 Å². The molecule has 35 heavy (non-hydrogen) atoms. The van der Waals surface area contributed by atoms with E-state index in [0.29, 0.717) is 0 Å². The van der Waals surface area contributed by atoms with Crippen molar-refractivity contribution in [1.82, 2.24) is 10.2 Å². The Labute approximate surface area is 207 Å². The molecule has 184 valence electrons. The number of aryl methyl sites for hydroxylation is 1. The number of rotatable bonds is 11. The molecule has 0 aliphatic rings. The number of benzene rings is 3. The number of methoxy groups -OCH3 is 2. The van der Waals surface area contributed by atoms with Crippen molar-refractivity contribution in [3.8, 4) is 11.5 Å². The van der Waals surface area contributed by atoms with E-state index in [1.807, 2.05) is 79.7 Å². The van der Waals surface area contributed by atoms with Crippen LogP contribution in [0.1, 0.15) is 29.7 Å². The number of hydrogen-bond donors (Lipinski definition) is 2. The Kier molecular flexibility index (Phi) is 9.26. The summed E-state index contributed by atoms with van der Waals surface area (Å²) in [6.07, 6.45) is 0.826. The first-order chi connectivity index (χ1) is 16.9. The molecule has 0 radical (unpaired) electrons.